The lowest BCUT2D eigenvalue weighted by Gasteiger charge is -2.18. The van der Waals surface area contributed by atoms with Crippen molar-refractivity contribution in [3.8, 4) is 5.75 Å². The molecule has 1 unspecified atom stereocenters. The molecule has 0 radical (unpaired) electrons. The van der Waals surface area contributed by atoms with E-state index < -0.39 is 5.54 Å². The molecule has 1 heterocycles. The van der Waals surface area contributed by atoms with E-state index in [1.165, 1.54) is 0 Å². The molecule has 0 bridgehead atoms. The molecule has 0 fully saturated rings. The van der Waals surface area contributed by atoms with Crippen molar-refractivity contribution < 1.29 is 14.0 Å². The van der Waals surface area contributed by atoms with E-state index in [2.05, 4.69) is 10.1 Å². The van der Waals surface area contributed by atoms with E-state index in [0.29, 0.717) is 31.3 Å². The lowest BCUT2D eigenvalue weighted by atomic mass is 10.1. The zero-order valence-corrected chi connectivity index (χ0v) is 11.7. The highest BCUT2D eigenvalue weighted by Gasteiger charge is 2.27. The van der Waals surface area contributed by atoms with Gasteiger partial charge in [0, 0.05) is 7.11 Å². The van der Waals surface area contributed by atoms with Crippen LogP contribution in [0.3, 0.4) is 0 Å². The summed E-state index contributed by atoms with van der Waals surface area (Å²) in [6.07, 6.45) is 0.533. The first-order valence-electron chi connectivity index (χ1n) is 6.40. The van der Waals surface area contributed by atoms with Crippen LogP contribution in [0.15, 0.2) is 34.9 Å². The van der Waals surface area contributed by atoms with Gasteiger partial charge in [-0.3, -0.25) is 0 Å². The molecule has 0 aliphatic heterocycles. The summed E-state index contributed by atoms with van der Waals surface area (Å²) in [4.78, 5) is 4.27. The Kier molecular flexibility index (Phi) is 4.70. The fraction of sp³-hybridized carbons (Fsp3) is 0.429. The van der Waals surface area contributed by atoms with Crippen molar-refractivity contribution in [3.63, 3.8) is 0 Å². The number of nitrogens with two attached hydrogens (primary N) is 1. The molecule has 108 valence electrons. The van der Waals surface area contributed by atoms with Gasteiger partial charge in [-0.15, -0.1) is 0 Å². The molecule has 0 saturated carbocycles. The highest BCUT2D eigenvalue weighted by atomic mass is 16.5. The van der Waals surface area contributed by atoms with E-state index in [9.17, 15) is 0 Å². The topological polar surface area (TPSA) is 83.4 Å². The minimum Gasteiger partial charge on any atom is -0.493 e. The molecule has 0 aliphatic rings. The van der Waals surface area contributed by atoms with Crippen LogP contribution in [0, 0.1) is 0 Å². The van der Waals surface area contributed by atoms with Crippen LogP contribution in [-0.2, 0) is 16.7 Å². The molecule has 1 atom stereocenters. The zero-order valence-electron chi connectivity index (χ0n) is 11.7. The molecule has 6 heteroatoms. The zero-order chi connectivity index (χ0) is 14.4. The smallest absolute Gasteiger partial charge is 0.230 e. The van der Waals surface area contributed by atoms with Gasteiger partial charge in [-0.1, -0.05) is 23.4 Å². The summed E-state index contributed by atoms with van der Waals surface area (Å²) in [6.45, 7) is 2.59. The maximum Gasteiger partial charge on any atom is 0.230 e. The second kappa shape index (κ2) is 6.49. The maximum absolute atomic E-state index is 6.04. The molecule has 2 N–H and O–H groups in total. The molecule has 1 aromatic carbocycles. The average Bonchev–Trinajstić information content (AvgIpc) is 2.90. The van der Waals surface area contributed by atoms with Crippen LogP contribution in [0.2, 0.25) is 0 Å². The van der Waals surface area contributed by atoms with Crippen molar-refractivity contribution in [3.05, 3.63) is 42.0 Å². The van der Waals surface area contributed by atoms with E-state index >= 15 is 0 Å². The standard InChI is InChI=1S/C14H19N3O3/c1-14(15,10-18-2)13-16-12(20-17-13)8-9-19-11-6-4-3-5-7-11/h3-7H,8-10,15H2,1-2H3. The summed E-state index contributed by atoms with van der Waals surface area (Å²) in [5.41, 5.74) is 5.29. The summed E-state index contributed by atoms with van der Waals surface area (Å²) in [5.74, 6) is 1.76. The normalized spacial score (nSPS) is 13.9. The lowest BCUT2D eigenvalue weighted by Crippen LogP contribution is -2.39. The van der Waals surface area contributed by atoms with Gasteiger partial charge in [0.1, 0.15) is 11.3 Å². The number of nitrogens with zero attached hydrogens (tertiary/aromatic N) is 2. The van der Waals surface area contributed by atoms with Crippen molar-refractivity contribution in [1.82, 2.24) is 10.1 Å². The Morgan fingerprint density at radius 1 is 1.30 bits per heavy atom. The van der Waals surface area contributed by atoms with Crippen molar-refractivity contribution in [2.45, 2.75) is 18.9 Å². The number of hydrogen-bond acceptors (Lipinski definition) is 6. The first kappa shape index (κ1) is 14.5. The molecule has 1 aromatic heterocycles. The van der Waals surface area contributed by atoms with E-state index in [-0.39, 0.29) is 0 Å². The fourth-order valence-corrected chi connectivity index (χ4v) is 1.73. The van der Waals surface area contributed by atoms with Crippen LogP contribution in [0.25, 0.3) is 0 Å². The number of para-hydroxylation sites is 1. The summed E-state index contributed by atoms with van der Waals surface area (Å²) in [6, 6.07) is 9.58. The minimum atomic E-state index is -0.753. The molecule has 20 heavy (non-hydrogen) atoms. The van der Waals surface area contributed by atoms with Crippen molar-refractivity contribution >= 4 is 0 Å². The first-order chi connectivity index (χ1) is 9.62. The summed E-state index contributed by atoms with van der Waals surface area (Å²) in [5, 5.41) is 3.89. The van der Waals surface area contributed by atoms with Crippen molar-refractivity contribution in [2.75, 3.05) is 20.3 Å². The quantitative estimate of drug-likeness (QED) is 0.826. The Labute approximate surface area is 117 Å². The fourth-order valence-electron chi connectivity index (χ4n) is 1.73. The van der Waals surface area contributed by atoms with Gasteiger partial charge in [0.2, 0.25) is 5.89 Å². The highest BCUT2D eigenvalue weighted by Crippen LogP contribution is 2.15. The third kappa shape index (κ3) is 3.79. The van der Waals surface area contributed by atoms with Gasteiger partial charge in [0.05, 0.1) is 19.6 Å². The molecule has 0 saturated heterocycles. The lowest BCUT2D eigenvalue weighted by molar-refractivity contribution is 0.135. The third-order valence-corrected chi connectivity index (χ3v) is 2.75. The Bertz CT molecular complexity index is 525. The number of rotatable bonds is 7. The SMILES string of the molecule is COCC(C)(N)c1noc(CCOc2ccccc2)n1. The highest BCUT2D eigenvalue weighted by molar-refractivity contribution is 5.20. The predicted octanol–water partition coefficient (Wildman–Crippen LogP) is 1.51. The Balaban J connectivity index is 1.87. The Morgan fingerprint density at radius 2 is 2.05 bits per heavy atom. The van der Waals surface area contributed by atoms with Gasteiger partial charge < -0.3 is 19.7 Å². The molecule has 6 nitrogen and oxygen atoms in total. The van der Waals surface area contributed by atoms with Gasteiger partial charge in [-0.2, -0.15) is 4.98 Å². The van der Waals surface area contributed by atoms with Crippen LogP contribution >= 0.6 is 0 Å². The van der Waals surface area contributed by atoms with E-state index in [1.807, 2.05) is 30.3 Å². The molecule has 0 amide bonds. The molecule has 2 aromatic rings. The van der Waals surface area contributed by atoms with Gasteiger partial charge in [0.15, 0.2) is 5.82 Å². The van der Waals surface area contributed by atoms with Crippen molar-refractivity contribution in [2.24, 2.45) is 5.73 Å². The van der Waals surface area contributed by atoms with Gasteiger partial charge >= 0.3 is 0 Å². The summed E-state index contributed by atoms with van der Waals surface area (Å²) < 4.78 is 15.8. The monoisotopic (exact) mass is 277 g/mol. The van der Waals surface area contributed by atoms with Crippen LogP contribution in [-0.4, -0.2) is 30.5 Å². The van der Waals surface area contributed by atoms with Crippen molar-refractivity contribution in [1.29, 1.82) is 0 Å². The molecule has 0 aliphatic carbocycles. The van der Waals surface area contributed by atoms with Gasteiger partial charge in [0.25, 0.3) is 0 Å². The second-order valence-corrected chi connectivity index (χ2v) is 4.77. The van der Waals surface area contributed by atoms with Gasteiger partial charge in [-0.25, -0.2) is 0 Å². The number of aromatic nitrogens is 2. The first-order valence-corrected chi connectivity index (χ1v) is 6.40. The maximum atomic E-state index is 6.04. The number of ether oxygens (including phenoxy) is 2. The van der Waals surface area contributed by atoms with Gasteiger partial charge in [-0.05, 0) is 19.1 Å². The molecule has 2 rings (SSSR count). The predicted molar refractivity (Wildman–Crippen MR) is 73.4 cm³/mol. The second-order valence-electron chi connectivity index (χ2n) is 4.77. The average molecular weight is 277 g/mol. The van der Waals surface area contributed by atoms with Crippen LogP contribution in [0.5, 0.6) is 5.75 Å². The van der Waals surface area contributed by atoms with E-state index in [0.717, 1.165) is 5.75 Å². The molecular weight excluding hydrogens is 258 g/mol. The van der Waals surface area contributed by atoms with E-state index in [1.54, 1.807) is 14.0 Å². The van der Waals surface area contributed by atoms with E-state index in [4.69, 9.17) is 19.7 Å². The van der Waals surface area contributed by atoms with Crippen LogP contribution in [0.1, 0.15) is 18.6 Å². The summed E-state index contributed by atoms with van der Waals surface area (Å²) in [7, 11) is 1.58. The van der Waals surface area contributed by atoms with Crippen LogP contribution < -0.4 is 10.5 Å². The Hall–Kier alpha value is -1.92. The minimum absolute atomic E-state index is 0.326. The third-order valence-electron chi connectivity index (χ3n) is 2.75. The molecule has 0 spiro atoms. The number of benzene rings is 1. The van der Waals surface area contributed by atoms with Crippen LogP contribution in [0.4, 0.5) is 0 Å². The largest absolute Gasteiger partial charge is 0.493 e. The Morgan fingerprint density at radius 3 is 2.75 bits per heavy atom. The number of methoxy groups -OCH3 is 1. The number of hydrogen-bond donors (Lipinski definition) is 1. The summed E-state index contributed by atoms with van der Waals surface area (Å²) >= 11 is 0. The molecular formula is C14H19N3O3.